The van der Waals surface area contributed by atoms with Crippen LogP contribution < -0.4 is 10.6 Å². The number of carbonyl (C=O) groups excluding carboxylic acids is 1. The van der Waals surface area contributed by atoms with E-state index in [-0.39, 0.29) is 36.5 Å². The van der Waals surface area contributed by atoms with Crippen molar-refractivity contribution < 1.29 is 9.53 Å². The number of nitrogens with zero attached hydrogens (tertiary/aromatic N) is 1. The molecule has 0 aliphatic carbocycles. The van der Waals surface area contributed by atoms with Crippen LogP contribution in [0.2, 0.25) is 0 Å². The number of guanidine groups is 1. The minimum atomic E-state index is -0.462. The fourth-order valence-corrected chi connectivity index (χ4v) is 1.16. The summed E-state index contributed by atoms with van der Waals surface area (Å²) in [5.74, 6) is 0.858. The predicted octanol–water partition coefficient (Wildman–Crippen LogP) is 2.16. The average molecular weight is 385 g/mol. The van der Waals surface area contributed by atoms with Gasteiger partial charge < -0.3 is 15.4 Å². The lowest BCUT2D eigenvalue weighted by molar-refractivity contribution is -0.152. The monoisotopic (exact) mass is 385 g/mol. The van der Waals surface area contributed by atoms with Gasteiger partial charge in [-0.3, -0.25) is 4.79 Å². The zero-order valence-corrected chi connectivity index (χ0v) is 15.2. The van der Waals surface area contributed by atoms with Crippen molar-refractivity contribution in [3.63, 3.8) is 0 Å². The Kier molecular flexibility index (Phi) is 11.2. The van der Waals surface area contributed by atoms with Crippen molar-refractivity contribution in [3.8, 4) is 0 Å². The number of nitrogens with one attached hydrogen (secondary N) is 2. The van der Waals surface area contributed by atoms with Gasteiger partial charge in [-0.15, -0.1) is 24.0 Å². The van der Waals surface area contributed by atoms with E-state index in [9.17, 15) is 4.79 Å². The number of halogens is 1. The summed E-state index contributed by atoms with van der Waals surface area (Å²) in [5.41, 5.74) is -0.462. The second-order valence-corrected chi connectivity index (χ2v) is 5.56. The first kappa shape index (κ1) is 20.8. The SMILES string of the molecule is CCNC(=NCC(=O)OC(C)(C)C)NCC(C)C.I. The molecule has 0 radical (unpaired) electrons. The van der Waals surface area contributed by atoms with E-state index >= 15 is 0 Å². The Hall–Kier alpha value is -0.530. The van der Waals surface area contributed by atoms with Gasteiger partial charge in [0.2, 0.25) is 0 Å². The number of rotatable bonds is 5. The molecule has 6 heteroatoms. The van der Waals surface area contributed by atoms with Crippen molar-refractivity contribution in [2.75, 3.05) is 19.6 Å². The lowest BCUT2D eigenvalue weighted by Gasteiger charge is -2.19. The van der Waals surface area contributed by atoms with Gasteiger partial charge in [0.1, 0.15) is 12.1 Å². The normalized spacial score (nSPS) is 11.8. The first-order valence-corrected chi connectivity index (χ1v) is 6.48. The van der Waals surface area contributed by atoms with Gasteiger partial charge in [0, 0.05) is 13.1 Å². The molecule has 0 spiro atoms. The van der Waals surface area contributed by atoms with Crippen LogP contribution >= 0.6 is 24.0 Å². The number of ether oxygens (including phenoxy) is 1. The lowest BCUT2D eigenvalue weighted by Crippen LogP contribution is -2.39. The smallest absolute Gasteiger partial charge is 0.328 e. The molecule has 0 unspecified atom stereocenters. The van der Waals surface area contributed by atoms with Crippen molar-refractivity contribution in [1.82, 2.24) is 10.6 Å². The molecular formula is C13H28IN3O2. The van der Waals surface area contributed by atoms with Gasteiger partial charge in [0.05, 0.1) is 0 Å². The summed E-state index contributed by atoms with van der Waals surface area (Å²) < 4.78 is 5.19. The molecule has 5 nitrogen and oxygen atoms in total. The molecule has 2 N–H and O–H groups in total. The van der Waals surface area contributed by atoms with Crippen LogP contribution in [0, 0.1) is 5.92 Å². The minimum absolute atomic E-state index is 0. The molecule has 0 aromatic heterocycles. The molecule has 0 saturated carbocycles. The van der Waals surface area contributed by atoms with Crippen molar-refractivity contribution in [2.24, 2.45) is 10.9 Å². The van der Waals surface area contributed by atoms with Gasteiger partial charge in [-0.25, -0.2) is 4.99 Å². The molecular weight excluding hydrogens is 357 g/mol. The molecule has 0 aromatic rings. The lowest BCUT2D eigenvalue weighted by atomic mass is 10.2. The third kappa shape index (κ3) is 13.7. The van der Waals surface area contributed by atoms with Gasteiger partial charge in [0.15, 0.2) is 5.96 Å². The van der Waals surface area contributed by atoms with E-state index in [0.717, 1.165) is 13.1 Å². The molecule has 0 heterocycles. The summed E-state index contributed by atoms with van der Waals surface area (Å²) in [4.78, 5) is 15.7. The summed E-state index contributed by atoms with van der Waals surface area (Å²) in [6, 6.07) is 0. The zero-order chi connectivity index (χ0) is 14.2. The third-order valence-corrected chi connectivity index (χ3v) is 1.81. The Morgan fingerprint density at radius 2 is 1.84 bits per heavy atom. The van der Waals surface area contributed by atoms with Gasteiger partial charge in [-0.1, -0.05) is 13.8 Å². The Morgan fingerprint density at radius 1 is 1.26 bits per heavy atom. The summed E-state index contributed by atoms with van der Waals surface area (Å²) in [6.45, 7) is 13.4. The average Bonchev–Trinajstić information content (AvgIpc) is 2.19. The van der Waals surface area contributed by atoms with Crippen LogP contribution in [0.1, 0.15) is 41.5 Å². The summed E-state index contributed by atoms with van der Waals surface area (Å²) in [6.07, 6.45) is 0. The van der Waals surface area contributed by atoms with Crippen LogP contribution in [-0.2, 0) is 9.53 Å². The van der Waals surface area contributed by atoms with Gasteiger partial charge >= 0.3 is 5.97 Å². The highest BCUT2D eigenvalue weighted by Crippen LogP contribution is 2.06. The van der Waals surface area contributed by atoms with Crippen LogP contribution in [0.25, 0.3) is 0 Å². The molecule has 0 bridgehead atoms. The molecule has 0 fully saturated rings. The van der Waals surface area contributed by atoms with Crippen molar-refractivity contribution in [2.45, 2.75) is 47.1 Å². The first-order chi connectivity index (χ1) is 8.24. The molecule has 0 amide bonds. The van der Waals surface area contributed by atoms with E-state index in [1.54, 1.807) is 0 Å². The van der Waals surface area contributed by atoms with E-state index < -0.39 is 5.60 Å². The third-order valence-electron chi connectivity index (χ3n) is 1.81. The molecule has 0 rings (SSSR count). The maximum absolute atomic E-state index is 11.5. The largest absolute Gasteiger partial charge is 0.459 e. The number of carbonyl (C=O) groups is 1. The maximum Gasteiger partial charge on any atom is 0.328 e. The van der Waals surface area contributed by atoms with Crippen LogP contribution in [0.15, 0.2) is 4.99 Å². The number of hydrogen-bond acceptors (Lipinski definition) is 3. The fourth-order valence-electron chi connectivity index (χ4n) is 1.16. The van der Waals surface area contributed by atoms with E-state index in [4.69, 9.17) is 4.74 Å². The minimum Gasteiger partial charge on any atom is -0.459 e. The topological polar surface area (TPSA) is 62.7 Å². The van der Waals surface area contributed by atoms with E-state index in [2.05, 4.69) is 29.5 Å². The zero-order valence-electron chi connectivity index (χ0n) is 12.9. The van der Waals surface area contributed by atoms with E-state index in [0.29, 0.717) is 11.9 Å². The highest BCUT2D eigenvalue weighted by Gasteiger charge is 2.15. The van der Waals surface area contributed by atoms with Crippen molar-refractivity contribution >= 4 is 35.9 Å². The van der Waals surface area contributed by atoms with Gasteiger partial charge in [-0.2, -0.15) is 0 Å². The molecule has 0 aliphatic rings. The molecule has 0 saturated heterocycles. The molecule has 0 aliphatic heterocycles. The highest BCUT2D eigenvalue weighted by molar-refractivity contribution is 14.0. The standard InChI is InChI=1S/C13H27N3O2.HI/c1-7-14-12(15-8-10(2)3)16-9-11(17)18-13(4,5)6;/h10H,7-9H2,1-6H3,(H2,14,15,16);1H. The van der Waals surface area contributed by atoms with Crippen molar-refractivity contribution in [1.29, 1.82) is 0 Å². The second-order valence-electron chi connectivity index (χ2n) is 5.56. The summed E-state index contributed by atoms with van der Waals surface area (Å²) in [5, 5.41) is 6.26. The number of aliphatic imine (C=N–C) groups is 1. The van der Waals surface area contributed by atoms with Crippen LogP contribution in [-0.4, -0.2) is 37.2 Å². The Balaban J connectivity index is 0. The van der Waals surface area contributed by atoms with Crippen LogP contribution in [0.3, 0.4) is 0 Å². The van der Waals surface area contributed by atoms with Crippen molar-refractivity contribution in [3.05, 3.63) is 0 Å². The quantitative estimate of drug-likeness (QED) is 0.330. The Labute approximate surface area is 134 Å². The predicted molar refractivity (Wildman–Crippen MR) is 90.1 cm³/mol. The van der Waals surface area contributed by atoms with Crippen LogP contribution in [0.4, 0.5) is 0 Å². The molecule has 114 valence electrons. The summed E-state index contributed by atoms with van der Waals surface area (Å²) in [7, 11) is 0. The number of esters is 1. The Morgan fingerprint density at radius 3 is 2.26 bits per heavy atom. The van der Waals surface area contributed by atoms with Gasteiger partial charge in [0.25, 0.3) is 0 Å². The number of hydrogen-bond donors (Lipinski definition) is 2. The molecule has 19 heavy (non-hydrogen) atoms. The fraction of sp³-hybridized carbons (Fsp3) is 0.846. The van der Waals surface area contributed by atoms with E-state index in [1.807, 2.05) is 27.7 Å². The summed E-state index contributed by atoms with van der Waals surface area (Å²) >= 11 is 0. The highest BCUT2D eigenvalue weighted by atomic mass is 127. The van der Waals surface area contributed by atoms with E-state index in [1.165, 1.54) is 0 Å². The van der Waals surface area contributed by atoms with Crippen LogP contribution in [0.5, 0.6) is 0 Å². The second kappa shape index (κ2) is 10.3. The first-order valence-electron chi connectivity index (χ1n) is 6.48. The van der Waals surface area contributed by atoms with Gasteiger partial charge in [-0.05, 0) is 33.6 Å². The Bertz CT molecular complexity index is 286. The molecule has 0 aromatic carbocycles. The maximum atomic E-state index is 11.5. The molecule has 0 atom stereocenters.